The quantitative estimate of drug-likeness (QED) is 0.790. The Bertz CT molecular complexity index is 620. The van der Waals surface area contributed by atoms with Gasteiger partial charge >= 0.3 is 0 Å². The minimum Gasteiger partial charge on any atom is -0.375 e. The van der Waals surface area contributed by atoms with Crippen LogP contribution in [0, 0.1) is 12.7 Å². The van der Waals surface area contributed by atoms with Gasteiger partial charge in [0, 0.05) is 5.92 Å². The van der Waals surface area contributed by atoms with E-state index >= 15 is 0 Å². The molecule has 2 rings (SSSR count). The standard InChI is InChI=1S/C20H24FNO2/c1-14-4-6-16(7-5-14)19(17-8-10-18(21)11-9-17)15(2)24-13-20(3,22)12-23/h4-12,15,19H,13,22H2,1-3H3/t15-,19-,20-/m0/s1. The predicted octanol–water partition coefficient (Wildman–Crippen LogP) is 3.59. The van der Waals surface area contributed by atoms with Crippen LogP contribution in [-0.4, -0.2) is 24.5 Å². The van der Waals surface area contributed by atoms with Crippen LogP contribution in [0.25, 0.3) is 0 Å². The number of ether oxygens (including phenoxy) is 1. The van der Waals surface area contributed by atoms with Crippen molar-refractivity contribution < 1.29 is 13.9 Å². The highest BCUT2D eigenvalue weighted by Crippen LogP contribution is 2.30. The van der Waals surface area contributed by atoms with Crippen molar-refractivity contribution in [3.8, 4) is 0 Å². The van der Waals surface area contributed by atoms with Crippen LogP contribution in [0.3, 0.4) is 0 Å². The first-order valence-electron chi connectivity index (χ1n) is 8.01. The summed E-state index contributed by atoms with van der Waals surface area (Å²) in [7, 11) is 0. The third-order valence-electron chi connectivity index (χ3n) is 4.06. The molecule has 4 heteroatoms. The largest absolute Gasteiger partial charge is 0.375 e. The molecule has 0 fully saturated rings. The van der Waals surface area contributed by atoms with Crippen molar-refractivity contribution in [3.05, 3.63) is 71.0 Å². The Morgan fingerprint density at radius 2 is 1.62 bits per heavy atom. The summed E-state index contributed by atoms with van der Waals surface area (Å²) < 4.78 is 19.1. The van der Waals surface area contributed by atoms with Crippen molar-refractivity contribution in [3.63, 3.8) is 0 Å². The van der Waals surface area contributed by atoms with Gasteiger partial charge in [-0.3, -0.25) is 0 Å². The lowest BCUT2D eigenvalue weighted by Gasteiger charge is -2.28. The van der Waals surface area contributed by atoms with Gasteiger partial charge in [0.1, 0.15) is 12.1 Å². The zero-order valence-corrected chi connectivity index (χ0v) is 14.3. The number of hydrogen-bond acceptors (Lipinski definition) is 3. The number of rotatable bonds is 7. The van der Waals surface area contributed by atoms with Gasteiger partial charge in [-0.15, -0.1) is 0 Å². The first-order chi connectivity index (χ1) is 11.3. The van der Waals surface area contributed by atoms with Crippen LogP contribution >= 0.6 is 0 Å². The summed E-state index contributed by atoms with van der Waals surface area (Å²) in [5.74, 6) is -0.348. The minimum atomic E-state index is -1.02. The first kappa shape index (κ1) is 18.3. The molecule has 0 amide bonds. The molecule has 0 radical (unpaired) electrons. The second kappa shape index (κ2) is 7.69. The average molecular weight is 329 g/mol. The summed E-state index contributed by atoms with van der Waals surface area (Å²) in [5, 5.41) is 0. The molecule has 2 N–H and O–H groups in total. The Morgan fingerprint density at radius 1 is 1.12 bits per heavy atom. The maximum Gasteiger partial charge on any atom is 0.141 e. The number of carbonyl (C=O) groups is 1. The number of benzene rings is 2. The summed E-state index contributed by atoms with van der Waals surface area (Å²) in [5.41, 5.74) is 8.02. The van der Waals surface area contributed by atoms with Crippen LogP contribution in [0.5, 0.6) is 0 Å². The molecule has 128 valence electrons. The highest BCUT2D eigenvalue weighted by Gasteiger charge is 2.25. The summed E-state index contributed by atoms with van der Waals surface area (Å²) in [4.78, 5) is 11.0. The van der Waals surface area contributed by atoms with E-state index in [0.717, 1.165) is 11.1 Å². The maximum absolute atomic E-state index is 13.3. The Kier molecular flexibility index (Phi) is 5.86. The third kappa shape index (κ3) is 4.73. The van der Waals surface area contributed by atoms with E-state index in [0.29, 0.717) is 6.29 Å². The molecule has 24 heavy (non-hydrogen) atoms. The van der Waals surface area contributed by atoms with Gasteiger partial charge in [-0.2, -0.15) is 0 Å². The van der Waals surface area contributed by atoms with Crippen molar-refractivity contribution in [2.75, 3.05) is 6.61 Å². The van der Waals surface area contributed by atoms with Crippen molar-refractivity contribution in [1.82, 2.24) is 0 Å². The van der Waals surface area contributed by atoms with Crippen molar-refractivity contribution >= 4 is 6.29 Å². The number of aryl methyl sites for hydroxylation is 1. The summed E-state index contributed by atoms with van der Waals surface area (Å²) in [6.07, 6.45) is 0.472. The van der Waals surface area contributed by atoms with E-state index in [4.69, 9.17) is 10.5 Å². The van der Waals surface area contributed by atoms with Crippen LogP contribution in [0.1, 0.15) is 36.5 Å². The highest BCUT2D eigenvalue weighted by atomic mass is 19.1. The molecule has 3 nitrogen and oxygen atoms in total. The number of carbonyl (C=O) groups excluding carboxylic acids is 1. The normalized spacial score (nSPS) is 16.2. The van der Waals surface area contributed by atoms with Crippen LogP contribution in [0.15, 0.2) is 48.5 Å². The van der Waals surface area contributed by atoms with E-state index in [1.54, 1.807) is 19.1 Å². The second-order valence-electron chi connectivity index (χ2n) is 6.58. The van der Waals surface area contributed by atoms with Gasteiger partial charge in [0.2, 0.25) is 0 Å². The monoisotopic (exact) mass is 329 g/mol. The fraction of sp³-hybridized carbons (Fsp3) is 0.350. The van der Waals surface area contributed by atoms with Crippen LogP contribution in [0.2, 0.25) is 0 Å². The molecule has 0 aromatic heterocycles. The molecule has 0 aliphatic heterocycles. The molecule has 3 atom stereocenters. The fourth-order valence-electron chi connectivity index (χ4n) is 2.62. The minimum absolute atomic E-state index is 0.0753. The van der Waals surface area contributed by atoms with Gasteiger partial charge in [-0.25, -0.2) is 4.39 Å². The zero-order valence-electron chi connectivity index (χ0n) is 14.3. The summed E-state index contributed by atoms with van der Waals surface area (Å²) >= 11 is 0. The lowest BCUT2D eigenvalue weighted by atomic mass is 9.86. The number of halogens is 1. The van der Waals surface area contributed by atoms with Gasteiger partial charge in [-0.1, -0.05) is 42.0 Å². The smallest absolute Gasteiger partial charge is 0.141 e. The highest BCUT2D eigenvalue weighted by molar-refractivity contribution is 5.63. The van der Waals surface area contributed by atoms with E-state index in [9.17, 15) is 9.18 Å². The van der Waals surface area contributed by atoms with Crippen LogP contribution in [0.4, 0.5) is 4.39 Å². The molecule has 0 saturated heterocycles. The Labute approximate surface area is 142 Å². The molecule has 0 aliphatic rings. The number of hydrogen-bond donors (Lipinski definition) is 1. The predicted molar refractivity (Wildman–Crippen MR) is 93.5 cm³/mol. The maximum atomic E-state index is 13.3. The van der Waals surface area contributed by atoms with Gasteiger partial charge in [0.25, 0.3) is 0 Å². The molecular weight excluding hydrogens is 305 g/mol. The van der Waals surface area contributed by atoms with Crippen LogP contribution < -0.4 is 5.73 Å². The molecule has 0 bridgehead atoms. The Morgan fingerprint density at radius 3 is 2.12 bits per heavy atom. The lowest BCUT2D eigenvalue weighted by molar-refractivity contribution is -0.114. The van der Waals surface area contributed by atoms with Crippen molar-refractivity contribution in [2.24, 2.45) is 5.73 Å². The lowest BCUT2D eigenvalue weighted by Crippen LogP contribution is -2.44. The molecular formula is C20H24FNO2. The van der Waals surface area contributed by atoms with Gasteiger partial charge in [0.05, 0.1) is 18.2 Å². The fourth-order valence-corrected chi connectivity index (χ4v) is 2.62. The average Bonchev–Trinajstić information content (AvgIpc) is 2.57. The van der Waals surface area contributed by atoms with Gasteiger partial charge < -0.3 is 15.3 Å². The molecule has 0 aliphatic carbocycles. The van der Waals surface area contributed by atoms with Gasteiger partial charge in [-0.05, 0) is 44.0 Å². The van der Waals surface area contributed by atoms with E-state index in [1.165, 1.54) is 17.7 Å². The van der Waals surface area contributed by atoms with Gasteiger partial charge in [0.15, 0.2) is 0 Å². The van der Waals surface area contributed by atoms with Crippen molar-refractivity contribution in [1.29, 1.82) is 0 Å². The van der Waals surface area contributed by atoms with E-state index in [2.05, 4.69) is 0 Å². The molecule has 0 unspecified atom stereocenters. The van der Waals surface area contributed by atoms with Crippen LogP contribution in [-0.2, 0) is 9.53 Å². The summed E-state index contributed by atoms with van der Waals surface area (Å²) in [6.45, 7) is 5.72. The number of nitrogens with two attached hydrogens (primary N) is 1. The second-order valence-corrected chi connectivity index (χ2v) is 6.58. The van der Waals surface area contributed by atoms with E-state index in [1.807, 2.05) is 38.1 Å². The molecule has 0 saturated carbocycles. The van der Waals surface area contributed by atoms with E-state index < -0.39 is 5.54 Å². The first-order valence-corrected chi connectivity index (χ1v) is 8.01. The Hall–Kier alpha value is -2.04. The topological polar surface area (TPSA) is 52.3 Å². The molecule has 0 heterocycles. The SMILES string of the molecule is Cc1ccc([C@@H](c2ccc(F)cc2)[C@H](C)OC[C@@](C)(N)C=O)cc1. The Balaban J connectivity index is 2.30. The molecule has 0 spiro atoms. The van der Waals surface area contributed by atoms with Crippen molar-refractivity contribution in [2.45, 2.75) is 38.3 Å². The third-order valence-corrected chi connectivity index (χ3v) is 4.06. The number of aldehydes is 1. The summed E-state index contributed by atoms with van der Waals surface area (Å²) in [6, 6.07) is 14.6. The zero-order chi connectivity index (χ0) is 17.7. The molecule has 2 aromatic rings. The van der Waals surface area contributed by atoms with E-state index in [-0.39, 0.29) is 24.4 Å². The molecule has 2 aromatic carbocycles.